The van der Waals surface area contributed by atoms with E-state index in [2.05, 4.69) is 5.32 Å². The lowest BCUT2D eigenvalue weighted by molar-refractivity contribution is -0.384. The van der Waals surface area contributed by atoms with E-state index in [4.69, 9.17) is 23.2 Å². The molecule has 104 valence electrons. The maximum atomic E-state index is 12.9. The molecule has 4 nitrogen and oxygen atoms in total. The molecule has 0 amide bonds. The topological polar surface area (TPSA) is 55.2 Å². The van der Waals surface area contributed by atoms with E-state index in [0.29, 0.717) is 17.8 Å². The number of hydrogen-bond acceptors (Lipinski definition) is 3. The molecule has 7 heteroatoms. The van der Waals surface area contributed by atoms with Crippen LogP contribution in [0.5, 0.6) is 0 Å². The van der Waals surface area contributed by atoms with Crippen LogP contribution in [0.1, 0.15) is 5.56 Å². The van der Waals surface area contributed by atoms with E-state index in [0.717, 1.165) is 0 Å². The van der Waals surface area contributed by atoms with Gasteiger partial charge in [0.25, 0.3) is 5.69 Å². The van der Waals surface area contributed by atoms with Gasteiger partial charge in [0.05, 0.1) is 20.7 Å². The van der Waals surface area contributed by atoms with Crippen molar-refractivity contribution in [3.63, 3.8) is 0 Å². The number of halogens is 3. The van der Waals surface area contributed by atoms with Gasteiger partial charge in [-0.2, -0.15) is 0 Å². The molecule has 20 heavy (non-hydrogen) atoms. The molecule has 2 aromatic carbocycles. The molecule has 0 aromatic heterocycles. The molecule has 0 unspecified atom stereocenters. The van der Waals surface area contributed by atoms with Crippen LogP contribution in [0.2, 0.25) is 10.0 Å². The minimum absolute atomic E-state index is 0.0708. The number of nitrogens with zero attached hydrogens (tertiary/aromatic N) is 1. The number of hydrogen-bond donors (Lipinski definition) is 1. The summed E-state index contributed by atoms with van der Waals surface area (Å²) in [6.07, 6.45) is 0. The average Bonchev–Trinajstić information content (AvgIpc) is 2.38. The smallest absolute Gasteiger partial charge is 0.270 e. The summed E-state index contributed by atoms with van der Waals surface area (Å²) in [4.78, 5) is 10.1. The second-order valence-electron chi connectivity index (χ2n) is 4.01. The second kappa shape index (κ2) is 6.07. The first-order chi connectivity index (χ1) is 9.47. The zero-order valence-electron chi connectivity index (χ0n) is 10.1. The summed E-state index contributed by atoms with van der Waals surface area (Å²) in [6.45, 7) is 0.322. The van der Waals surface area contributed by atoms with Crippen molar-refractivity contribution < 1.29 is 9.31 Å². The molecule has 0 atom stereocenters. The van der Waals surface area contributed by atoms with Gasteiger partial charge in [-0.15, -0.1) is 0 Å². The Labute approximate surface area is 124 Å². The molecule has 0 saturated carbocycles. The largest absolute Gasteiger partial charge is 0.380 e. The molecule has 2 aromatic rings. The molecule has 0 aliphatic carbocycles. The van der Waals surface area contributed by atoms with Crippen molar-refractivity contribution in [3.05, 3.63) is 67.9 Å². The third-order valence-electron chi connectivity index (χ3n) is 2.65. The van der Waals surface area contributed by atoms with E-state index in [-0.39, 0.29) is 15.7 Å². The van der Waals surface area contributed by atoms with E-state index in [9.17, 15) is 14.5 Å². The van der Waals surface area contributed by atoms with Crippen LogP contribution in [0.3, 0.4) is 0 Å². The zero-order valence-corrected chi connectivity index (χ0v) is 11.6. The van der Waals surface area contributed by atoms with Crippen LogP contribution >= 0.6 is 23.2 Å². The predicted molar refractivity (Wildman–Crippen MR) is 76.8 cm³/mol. The highest BCUT2D eigenvalue weighted by molar-refractivity contribution is 6.33. The van der Waals surface area contributed by atoms with Crippen molar-refractivity contribution in [2.45, 2.75) is 6.54 Å². The average molecular weight is 315 g/mol. The minimum Gasteiger partial charge on any atom is -0.380 e. The van der Waals surface area contributed by atoms with Crippen molar-refractivity contribution in [2.24, 2.45) is 0 Å². The first kappa shape index (κ1) is 14.6. The van der Waals surface area contributed by atoms with Crippen LogP contribution in [0.4, 0.5) is 15.8 Å². The fraction of sp³-hybridized carbons (Fsp3) is 0.0769. The number of nitrogens with one attached hydrogen (secondary N) is 1. The third-order valence-corrected chi connectivity index (χ3v) is 3.31. The quantitative estimate of drug-likeness (QED) is 0.660. The van der Waals surface area contributed by atoms with Gasteiger partial charge < -0.3 is 5.32 Å². The first-order valence-electron chi connectivity index (χ1n) is 5.59. The summed E-state index contributed by atoms with van der Waals surface area (Å²) in [5, 5.41) is 14.1. The van der Waals surface area contributed by atoms with Gasteiger partial charge in [0.15, 0.2) is 0 Å². The normalized spacial score (nSPS) is 10.3. The highest BCUT2D eigenvalue weighted by Crippen LogP contribution is 2.26. The minimum atomic E-state index is -0.514. The molecule has 0 aliphatic rings. The van der Waals surface area contributed by atoms with E-state index in [1.54, 1.807) is 6.07 Å². The van der Waals surface area contributed by atoms with Gasteiger partial charge in [-0.1, -0.05) is 23.2 Å². The maximum Gasteiger partial charge on any atom is 0.270 e. The van der Waals surface area contributed by atoms with Crippen LogP contribution < -0.4 is 5.32 Å². The van der Waals surface area contributed by atoms with E-state index < -0.39 is 10.7 Å². The van der Waals surface area contributed by atoms with Crippen LogP contribution in [-0.4, -0.2) is 4.92 Å². The number of nitro groups is 1. The number of anilines is 1. The van der Waals surface area contributed by atoms with Gasteiger partial charge in [0, 0.05) is 18.7 Å². The molecule has 0 saturated heterocycles. The Bertz CT molecular complexity index is 665. The molecule has 0 aliphatic heterocycles. The molecule has 0 bridgehead atoms. The molecule has 0 spiro atoms. The van der Waals surface area contributed by atoms with Crippen molar-refractivity contribution >= 4 is 34.6 Å². The summed E-state index contributed by atoms with van der Waals surface area (Å²) < 4.78 is 12.9. The fourth-order valence-corrected chi connectivity index (χ4v) is 2.09. The van der Waals surface area contributed by atoms with Crippen LogP contribution in [0.25, 0.3) is 0 Å². The van der Waals surface area contributed by atoms with Crippen LogP contribution in [0, 0.1) is 15.9 Å². The monoisotopic (exact) mass is 314 g/mol. The fourth-order valence-electron chi connectivity index (χ4n) is 1.62. The van der Waals surface area contributed by atoms with Gasteiger partial charge in [0.2, 0.25) is 0 Å². The second-order valence-corrected chi connectivity index (χ2v) is 4.82. The lowest BCUT2D eigenvalue weighted by Crippen LogP contribution is -2.01. The Hall–Kier alpha value is -1.85. The number of nitro benzene ring substituents is 1. The molecule has 2 rings (SSSR count). The Kier molecular flexibility index (Phi) is 4.42. The molecule has 0 heterocycles. The Morgan fingerprint density at radius 2 is 1.90 bits per heavy atom. The maximum absolute atomic E-state index is 12.9. The lowest BCUT2D eigenvalue weighted by atomic mass is 10.2. The zero-order chi connectivity index (χ0) is 14.7. The number of benzene rings is 2. The van der Waals surface area contributed by atoms with Gasteiger partial charge in [-0.05, 0) is 29.8 Å². The van der Waals surface area contributed by atoms with E-state index in [1.165, 1.54) is 30.3 Å². The van der Waals surface area contributed by atoms with Gasteiger partial charge in [-0.25, -0.2) is 4.39 Å². The summed E-state index contributed by atoms with van der Waals surface area (Å²) in [5.74, 6) is -0.422. The first-order valence-corrected chi connectivity index (χ1v) is 6.34. The van der Waals surface area contributed by atoms with Crippen LogP contribution in [0.15, 0.2) is 36.4 Å². The standard InChI is InChI=1S/C13H9Cl2FN2O2/c14-11-6-10(18(19)20)3-1-8(11)7-17-13-4-2-9(16)5-12(13)15/h1-6,17H,7H2. The Morgan fingerprint density at radius 3 is 2.50 bits per heavy atom. The highest BCUT2D eigenvalue weighted by atomic mass is 35.5. The highest BCUT2D eigenvalue weighted by Gasteiger charge is 2.09. The van der Waals surface area contributed by atoms with Crippen molar-refractivity contribution in [2.75, 3.05) is 5.32 Å². The summed E-state index contributed by atoms with van der Waals surface area (Å²) >= 11 is 11.8. The summed E-state index contributed by atoms with van der Waals surface area (Å²) in [7, 11) is 0. The van der Waals surface area contributed by atoms with Gasteiger partial charge >= 0.3 is 0 Å². The van der Waals surface area contributed by atoms with Gasteiger partial charge in [0.1, 0.15) is 5.82 Å². The van der Waals surface area contributed by atoms with E-state index >= 15 is 0 Å². The van der Waals surface area contributed by atoms with Crippen molar-refractivity contribution in [1.82, 2.24) is 0 Å². The Morgan fingerprint density at radius 1 is 1.15 bits per heavy atom. The van der Waals surface area contributed by atoms with Crippen LogP contribution in [-0.2, 0) is 6.54 Å². The van der Waals surface area contributed by atoms with E-state index in [1.807, 2.05) is 0 Å². The lowest BCUT2D eigenvalue weighted by Gasteiger charge is -2.09. The third kappa shape index (κ3) is 3.37. The molecule has 0 fully saturated rings. The molecular formula is C13H9Cl2FN2O2. The number of non-ortho nitro benzene ring substituents is 1. The molecular weight excluding hydrogens is 306 g/mol. The molecule has 1 N–H and O–H groups in total. The molecule has 0 radical (unpaired) electrons. The van der Waals surface area contributed by atoms with Crippen molar-refractivity contribution in [1.29, 1.82) is 0 Å². The SMILES string of the molecule is O=[N+]([O-])c1ccc(CNc2ccc(F)cc2Cl)c(Cl)c1. The predicted octanol–water partition coefficient (Wildman–Crippen LogP) is 4.65. The number of rotatable bonds is 4. The van der Waals surface area contributed by atoms with Crippen molar-refractivity contribution in [3.8, 4) is 0 Å². The Balaban J connectivity index is 2.13. The summed E-state index contributed by atoms with van der Waals surface area (Å²) in [6, 6.07) is 8.20. The summed E-state index contributed by atoms with van der Waals surface area (Å²) in [5.41, 5.74) is 1.17. The van der Waals surface area contributed by atoms with Gasteiger partial charge in [-0.3, -0.25) is 10.1 Å².